The van der Waals surface area contributed by atoms with E-state index in [0.29, 0.717) is 12.2 Å². The summed E-state index contributed by atoms with van der Waals surface area (Å²) < 4.78 is 16.7. The van der Waals surface area contributed by atoms with Crippen LogP contribution >= 0.6 is 11.6 Å². The van der Waals surface area contributed by atoms with Gasteiger partial charge in [-0.3, -0.25) is 19.3 Å². The van der Waals surface area contributed by atoms with Crippen LogP contribution in [0.1, 0.15) is 36.5 Å². The van der Waals surface area contributed by atoms with Crippen molar-refractivity contribution in [3.63, 3.8) is 0 Å². The van der Waals surface area contributed by atoms with Crippen molar-refractivity contribution in [2.24, 2.45) is 11.7 Å². The number of benzene rings is 1. The molecule has 0 aromatic heterocycles. The van der Waals surface area contributed by atoms with Crippen molar-refractivity contribution < 1.29 is 28.6 Å². The number of carbonyl (C=O) groups is 3. The number of likely N-dealkylation sites (tertiary alicyclic amines) is 1. The largest absolute Gasteiger partial charge is 0.496 e. The van der Waals surface area contributed by atoms with Crippen LogP contribution < -0.4 is 25.3 Å². The fourth-order valence-electron chi connectivity index (χ4n) is 4.95. The molecule has 2 aliphatic heterocycles. The Labute approximate surface area is 197 Å². The first kappa shape index (κ1) is 23.4. The zero-order chi connectivity index (χ0) is 23.9. The van der Waals surface area contributed by atoms with Gasteiger partial charge in [-0.2, -0.15) is 0 Å². The standard InChI is InChI=1S/C23H28ClN3O6/c1-12-8-14(26-13-4-6-27(7-5-13)11-18(25)29)9-17(28)23(12)22(30)19-15(31-2)10-16(32-3)20(24)21(19)33-23/h9-10,12-13,26H,4-8,11H2,1-3H3,(H2,25,29). The number of piperidine rings is 1. The number of amides is 1. The van der Waals surface area contributed by atoms with Gasteiger partial charge in [0.1, 0.15) is 22.1 Å². The van der Waals surface area contributed by atoms with Gasteiger partial charge in [0, 0.05) is 42.9 Å². The van der Waals surface area contributed by atoms with Gasteiger partial charge < -0.3 is 25.3 Å². The van der Waals surface area contributed by atoms with Crippen molar-refractivity contribution in [3.8, 4) is 17.2 Å². The molecule has 33 heavy (non-hydrogen) atoms. The maximum Gasteiger partial charge on any atom is 0.236 e. The number of nitrogens with zero attached hydrogens (tertiary/aromatic N) is 1. The number of ether oxygens (including phenoxy) is 3. The highest BCUT2D eigenvalue weighted by atomic mass is 35.5. The molecule has 4 rings (SSSR count). The minimum Gasteiger partial charge on any atom is -0.496 e. The average Bonchev–Trinajstić information content (AvgIpc) is 3.09. The molecule has 10 heteroatoms. The Balaban J connectivity index is 1.54. The lowest BCUT2D eigenvalue weighted by atomic mass is 9.74. The molecule has 1 fully saturated rings. The van der Waals surface area contributed by atoms with Gasteiger partial charge in [0.2, 0.25) is 23.1 Å². The van der Waals surface area contributed by atoms with Crippen molar-refractivity contribution in [2.75, 3.05) is 33.9 Å². The van der Waals surface area contributed by atoms with Crippen molar-refractivity contribution in [2.45, 2.75) is 37.8 Å². The van der Waals surface area contributed by atoms with Gasteiger partial charge in [0.05, 0.1) is 20.8 Å². The Hall–Kier alpha value is -2.78. The van der Waals surface area contributed by atoms with Crippen LogP contribution in [0.4, 0.5) is 0 Å². The summed E-state index contributed by atoms with van der Waals surface area (Å²) in [5.74, 6) is -0.974. The molecule has 9 nitrogen and oxygen atoms in total. The van der Waals surface area contributed by atoms with E-state index in [1.54, 1.807) is 0 Å². The fourth-order valence-corrected chi connectivity index (χ4v) is 5.21. The second-order valence-corrected chi connectivity index (χ2v) is 9.14. The van der Waals surface area contributed by atoms with Crippen molar-refractivity contribution in [3.05, 3.63) is 28.4 Å². The highest BCUT2D eigenvalue weighted by Gasteiger charge is 2.60. The minimum atomic E-state index is -1.68. The van der Waals surface area contributed by atoms with Crippen LogP contribution in [0.2, 0.25) is 5.02 Å². The van der Waals surface area contributed by atoms with Crippen LogP contribution in [-0.2, 0) is 9.59 Å². The van der Waals surface area contributed by atoms with Crippen molar-refractivity contribution >= 4 is 29.1 Å². The molecule has 0 saturated carbocycles. The number of nitrogens with one attached hydrogen (secondary N) is 1. The van der Waals surface area contributed by atoms with Gasteiger partial charge in [-0.05, 0) is 19.3 Å². The Kier molecular flexibility index (Phi) is 6.28. The number of nitrogens with two attached hydrogens (primary N) is 1. The second kappa shape index (κ2) is 8.87. The quantitative estimate of drug-likeness (QED) is 0.594. The van der Waals surface area contributed by atoms with E-state index in [9.17, 15) is 14.4 Å². The van der Waals surface area contributed by atoms with Crippen LogP contribution in [0.25, 0.3) is 0 Å². The number of Topliss-reactive ketones (excluding diaryl/α,β-unsaturated/α-hetero) is 1. The lowest BCUT2D eigenvalue weighted by molar-refractivity contribution is -0.129. The van der Waals surface area contributed by atoms with E-state index in [-0.39, 0.29) is 40.6 Å². The van der Waals surface area contributed by atoms with E-state index in [0.717, 1.165) is 31.6 Å². The highest BCUT2D eigenvalue weighted by molar-refractivity contribution is 6.36. The number of primary amides is 1. The molecule has 1 aromatic carbocycles. The molecule has 1 aromatic rings. The Bertz CT molecular complexity index is 1030. The molecule has 178 valence electrons. The molecule has 2 unspecified atom stereocenters. The summed E-state index contributed by atoms with van der Waals surface area (Å²) >= 11 is 6.42. The Morgan fingerprint density at radius 3 is 2.52 bits per heavy atom. The molecule has 2 heterocycles. The van der Waals surface area contributed by atoms with Gasteiger partial charge >= 0.3 is 0 Å². The predicted molar refractivity (Wildman–Crippen MR) is 121 cm³/mol. The van der Waals surface area contributed by atoms with Crippen LogP contribution in [-0.4, -0.2) is 67.9 Å². The molecule has 0 radical (unpaired) electrons. The number of halogens is 1. The van der Waals surface area contributed by atoms with E-state index in [4.69, 9.17) is 31.5 Å². The lowest BCUT2D eigenvalue weighted by Crippen LogP contribution is -2.56. The van der Waals surface area contributed by atoms with Gasteiger partial charge in [0.15, 0.2) is 5.75 Å². The number of hydrogen-bond donors (Lipinski definition) is 2. The molecule has 3 N–H and O–H groups in total. The SMILES string of the molecule is COc1cc(OC)c2c(c1Cl)OC1(C(=O)C=C(NC3CCN(CC(N)=O)CC3)CC1C)C2=O. The second-order valence-electron chi connectivity index (χ2n) is 8.77. The Morgan fingerprint density at radius 2 is 1.94 bits per heavy atom. The molecule has 1 aliphatic carbocycles. The number of fused-ring (bicyclic) bond motifs is 1. The first-order valence-electron chi connectivity index (χ1n) is 10.9. The van der Waals surface area contributed by atoms with Crippen LogP contribution in [0.3, 0.4) is 0 Å². The van der Waals surface area contributed by atoms with E-state index in [1.807, 2.05) is 11.8 Å². The van der Waals surface area contributed by atoms with E-state index in [2.05, 4.69) is 5.32 Å². The average molecular weight is 478 g/mol. The normalized spacial score (nSPS) is 25.5. The number of hydrogen-bond acceptors (Lipinski definition) is 8. The molecular weight excluding hydrogens is 450 g/mol. The number of methoxy groups -OCH3 is 2. The molecule has 0 bridgehead atoms. The summed E-state index contributed by atoms with van der Waals surface area (Å²) in [6, 6.07) is 1.69. The predicted octanol–water partition coefficient (Wildman–Crippen LogP) is 1.70. The van der Waals surface area contributed by atoms with E-state index < -0.39 is 23.1 Å². The van der Waals surface area contributed by atoms with E-state index >= 15 is 0 Å². The molecule has 1 amide bonds. The van der Waals surface area contributed by atoms with Gasteiger partial charge in [-0.1, -0.05) is 18.5 Å². The number of ketones is 2. The summed E-state index contributed by atoms with van der Waals surface area (Å²) in [7, 11) is 2.89. The molecule has 1 saturated heterocycles. The zero-order valence-corrected chi connectivity index (χ0v) is 19.7. The molecular formula is C23H28ClN3O6. The first-order chi connectivity index (χ1) is 15.7. The van der Waals surface area contributed by atoms with E-state index in [1.165, 1.54) is 26.4 Å². The summed E-state index contributed by atoms with van der Waals surface area (Å²) in [5.41, 5.74) is 4.53. The van der Waals surface area contributed by atoms with Crippen molar-refractivity contribution in [1.29, 1.82) is 0 Å². The fraction of sp³-hybridized carbons (Fsp3) is 0.522. The van der Waals surface area contributed by atoms with Crippen LogP contribution in [0.5, 0.6) is 17.2 Å². The molecule has 2 atom stereocenters. The summed E-state index contributed by atoms with van der Waals surface area (Å²) in [4.78, 5) is 40.0. The lowest BCUT2D eigenvalue weighted by Gasteiger charge is -2.37. The number of rotatable bonds is 6. The zero-order valence-electron chi connectivity index (χ0n) is 18.9. The summed E-state index contributed by atoms with van der Waals surface area (Å²) in [6.45, 7) is 3.57. The molecule has 1 spiro atoms. The third-order valence-electron chi connectivity index (χ3n) is 6.67. The smallest absolute Gasteiger partial charge is 0.236 e. The van der Waals surface area contributed by atoms with Crippen LogP contribution in [0.15, 0.2) is 17.8 Å². The molecule has 3 aliphatic rings. The summed E-state index contributed by atoms with van der Waals surface area (Å²) in [6.07, 6.45) is 3.58. The third kappa shape index (κ3) is 3.93. The van der Waals surface area contributed by atoms with Gasteiger partial charge in [-0.15, -0.1) is 0 Å². The monoisotopic (exact) mass is 477 g/mol. The third-order valence-corrected chi connectivity index (χ3v) is 7.02. The number of carbonyl (C=O) groups excluding carboxylic acids is 3. The van der Waals surface area contributed by atoms with Crippen LogP contribution in [0, 0.1) is 5.92 Å². The maximum absolute atomic E-state index is 13.5. The Morgan fingerprint density at radius 1 is 1.27 bits per heavy atom. The van der Waals surface area contributed by atoms with Crippen molar-refractivity contribution in [1.82, 2.24) is 10.2 Å². The van der Waals surface area contributed by atoms with Gasteiger partial charge in [-0.25, -0.2) is 0 Å². The highest BCUT2D eigenvalue weighted by Crippen LogP contribution is 2.52. The summed E-state index contributed by atoms with van der Waals surface area (Å²) in [5, 5.41) is 3.58. The number of allylic oxidation sites excluding steroid dienone is 1. The first-order valence-corrected chi connectivity index (χ1v) is 11.3. The van der Waals surface area contributed by atoms with Gasteiger partial charge in [0.25, 0.3) is 0 Å². The topological polar surface area (TPSA) is 120 Å². The maximum atomic E-state index is 13.5. The minimum absolute atomic E-state index is 0.115.